The fourth-order valence-electron chi connectivity index (χ4n) is 5.89. The average molecular weight is 561 g/mol. The molecule has 6 rings (SSSR count). The number of benzene rings is 2. The number of halogens is 5. The average Bonchev–Trinajstić information content (AvgIpc) is 3.43. The van der Waals surface area contributed by atoms with Crippen molar-refractivity contribution < 1.29 is 26.7 Å². The SMILES string of the molecule is Cn1cnnc1[C@H](c1cccc(N2Cc3c(cc(CNC4(C)CCC4)cc3C(F)(F)F)C2=O)c1)N1CC(F)(F)C1. The summed E-state index contributed by atoms with van der Waals surface area (Å²) in [6.07, 6.45) is -0.167. The second-order valence-corrected chi connectivity index (χ2v) is 11.4. The van der Waals surface area contributed by atoms with Crippen LogP contribution in [0.1, 0.15) is 70.7 Å². The van der Waals surface area contributed by atoms with Crippen LogP contribution in [-0.2, 0) is 26.3 Å². The highest BCUT2D eigenvalue weighted by Gasteiger charge is 2.48. The van der Waals surface area contributed by atoms with E-state index in [0.717, 1.165) is 25.3 Å². The summed E-state index contributed by atoms with van der Waals surface area (Å²) in [5.41, 5.74) is 0.428. The Morgan fingerprint density at radius 1 is 1.12 bits per heavy atom. The molecule has 0 radical (unpaired) electrons. The second kappa shape index (κ2) is 9.34. The minimum atomic E-state index is -4.63. The van der Waals surface area contributed by atoms with Gasteiger partial charge in [-0.05, 0) is 67.1 Å². The molecular formula is C28H29F5N6O. The summed E-state index contributed by atoms with van der Waals surface area (Å²) in [6.45, 7) is 1.11. The van der Waals surface area contributed by atoms with Gasteiger partial charge in [0.15, 0.2) is 5.82 Å². The Labute approximate surface area is 228 Å². The van der Waals surface area contributed by atoms with Crippen molar-refractivity contribution in [1.82, 2.24) is 25.0 Å². The van der Waals surface area contributed by atoms with Gasteiger partial charge in [0.05, 0.1) is 31.2 Å². The van der Waals surface area contributed by atoms with E-state index in [0.29, 0.717) is 22.6 Å². The molecule has 1 aromatic heterocycles. The topological polar surface area (TPSA) is 66.3 Å². The predicted octanol–water partition coefficient (Wildman–Crippen LogP) is 5.07. The van der Waals surface area contributed by atoms with Gasteiger partial charge in [-0.2, -0.15) is 13.2 Å². The van der Waals surface area contributed by atoms with Gasteiger partial charge < -0.3 is 14.8 Å². The Kier molecular flexibility index (Phi) is 6.26. The quantitative estimate of drug-likeness (QED) is 0.409. The molecule has 212 valence electrons. The molecule has 1 aliphatic carbocycles. The number of nitrogens with zero attached hydrogens (tertiary/aromatic N) is 5. The van der Waals surface area contributed by atoms with Gasteiger partial charge >= 0.3 is 6.18 Å². The van der Waals surface area contributed by atoms with Crippen molar-refractivity contribution in [3.05, 3.63) is 76.4 Å². The summed E-state index contributed by atoms with van der Waals surface area (Å²) in [4.78, 5) is 16.4. The van der Waals surface area contributed by atoms with Gasteiger partial charge in [-0.1, -0.05) is 12.1 Å². The van der Waals surface area contributed by atoms with Crippen LogP contribution in [0.25, 0.3) is 0 Å². The number of carbonyl (C=O) groups is 1. The molecule has 7 nitrogen and oxygen atoms in total. The van der Waals surface area contributed by atoms with Crippen molar-refractivity contribution in [1.29, 1.82) is 0 Å². The molecule has 1 saturated carbocycles. The van der Waals surface area contributed by atoms with E-state index in [2.05, 4.69) is 15.5 Å². The number of carbonyl (C=O) groups excluding carboxylic acids is 1. The van der Waals surface area contributed by atoms with E-state index in [1.54, 1.807) is 46.8 Å². The van der Waals surface area contributed by atoms with E-state index in [4.69, 9.17) is 0 Å². The molecule has 2 fully saturated rings. The van der Waals surface area contributed by atoms with Crippen LogP contribution in [0.2, 0.25) is 0 Å². The zero-order valence-corrected chi connectivity index (χ0v) is 22.1. The summed E-state index contributed by atoms with van der Waals surface area (Å²) in [5.74, 6) is -2.90. The molecule has 2 aromatic carbocycles. The molecule has 0 unspecified atom stereocenters. The zero-order chi connectivity index (χ0) is 28.4. The molecule has 12 heteroatoms. The summed E-state index contributed by atoms with van der Waals surface area (Å²) in [5, 5.41) is 11.4. The highest BCUT2D eigenvalue weighted by molar-refractivity contribution is 6.10. The normalized spacial score (nSPS) is 20.7. The number of aryl methyl sites for hydroxylation is 1. The first kappa shape index (κ1) is 26.8. The summed E-state index contributed by atoms with van der Waals surface area (Å²) >= 11 is 0. The third-order valence-electron chi connectivity index (χ3n) is 8.31. The number of anilines is 1. The van der Waals surface area contributed by atoms with Gasteiger partial charge in [0.25, 0.3) is 11.8 Å². The van der Waals surface area contributed by atoms with Crippen molar-refractivity contribution in [2.75, 3.05) is 18.0 Å². The first-order valence-corrected chi connectivity index (χ1v) is 13.2. The van der Waals surface area contributed by atoms with Crippen molar-refractivity contribution >= 4 is 11.6 Å². The first-order chi connectivity index (χ1) is 18.8. The molecule has 3 heterocycles. The van der Waals surface area contributed by atoms with Gasteiger partial charge in [0, 0.05) is 30.4 Å². The highest BCUT2D eigenvalue weighted by atomic mass is 19.4. The number of amides is 1. The van der Waals surface area contributed by atoms with E-state index in [9.17, 15) is 26.7 Å². The Balaban J connectivity index is 1.33. The van der Waals surface area contributed by atoms with Crippen LogP contribution in [0.15, 0.2) is 42.7 Å². The molecule has 1 amide bonds. The monoisotopic (exact) mass is 560 g/mol. The molecule has 1 saturated heterocycles. The van der Waals surface area contributed by atoms with Crippen LogP contribution in [0.3, 0.4) is 0 Å². The molecule has 3 aromatic rings. The number of nitrogens with one attached hydrogen (secondary N) is 1. The fraction of sp³-hybridized carbons (Fsp3) is 0.464. The smallest absolute Gasteiger partial charge is 0.319 e. The summed E-state index contributed by atoms with van der Waals surface area (Å²) in [6, 6.07) is 8.72. The van der Waals surface area contributed by atoms with E-state index in [1.807, 2.05) is 6.92 Å². The third-order valence-corrected chi connectivity index (χ3v) is 8.31. The van der Waals surface area contributed by atoms with E-state index in [1.165, 1.54) is 11.2 Å². The van der Waals surface area contributed by atoms with Crippen molar-refractivity contribution in [2.45, 2.75) is 63.0 Å². The number of hydrogen-bond acceptors (Lipinski definition) is 5. The predicted molar refractivity (Wildman–Crippen MR) is 137 cm³/mol. The Morgan fingerprint density at radius 2 is 1.88 bits per heavy atom. The Morgan fingerprint density at radius 3 is 2.48 bits per heavy atom. The lowest BCUT2D eigenvalue weighted by molar-refractivity contribution is -0.142. The second-order valence-electron chi connectivity index (χ2n) is 11.4. The Bertz CT molecular complexity index is 1460. The number of likely N-dealkylation sites (tertiary alicyclic amines) is 1. The van der Waals surface area contributed by atoms with Crippen LogP contribution in [-0.4, -0.2) is 50.1 Å². The van der Waals surface area contributed by atoms with Crippen molar-refractivity contribution in [2.24, 2.45) is 7.05 Å². The van der Waals surface area contributed by atoms with Crippen LogP contribution in [0, 0.1) is 0 Å². The molecule has 1 atom stereocenters. The lowest BCUT2D eigenvalue weighted by atomic mass is 9.78. The summed E-state index contributed by atoms with van der Waals surface area (Å²) < 4.78 is 71.7. The lowest BCUT2D eigenvalue weighted by Gasteiger charge is -2.43. The first-order valence-electron chi connectivity index (χ1n) is 13.2. The van der Waals surface area contributed by atoms with E-state index in [-0.39, 0.29) is 29.8 Å². The number of rotatable bonds is 7. The molecule has 2 aliphatic heterocycles. The highest BCUT2D eigenvalue weighted by Crippen LogP contribution is 2.42. The minimum absolute atomic E-state index is 0.0306. The van der Waals surface area contributed by atoms with Gasteiger partial charge in [-0.3, -0.25) is 9.69 Å². The van der Waals surface area contributed by atoms with Crippen LogP contribution in [0.4, 0.5) is 27.6 Å². The van der Waals surface area contributed by atoms with Crippen molar-refractivity contribution in [3.8, 4) is 0 Å². The molecule has 0 spiro atoms. The fourth-order valence-corrected chi connectivity index (χ4v) is 5.89. The molecule has 3 aliphatic rings. The maximum atomic E-state index is 14.2. The van der Waals surface area contributed by atoms with Crippen LogP contribution < -0.4 is 10.2 Å². The van der Waals surface area contributed by atoms with Gasteiger partial charge in [-0.25, -0.2) is 8.78 Å². The zero-order valence-electron chi connectivity index (χ0n) is 22.1. The van der Waals surface area contributed by atoms with Gasteiger partial charge in [-0.15, -0.1) is 10.2 Å². The molecule has 0 bridgehead atoms. The molecule has 1 N–H and O–H groups in total. The number of aromatic nitrogens is 3. The minimum Gasteiger partial charge on any atom is -0.319 e. The van der Waals surface area contributed by atoms with Crippen LogP contribution >= 0.6 is 0 Å². The maximum Gasteiger partial charge on any atom is 0.416 e. The maximum absolute atomic E-state index is 14.2. The van der Waals surface area contributed by atoms with E-state index >= 15 is 0 Å². The van der Waals surface area contributed by atoms with Gasteiger partial charge in [0.1, 0.15) is 6.33 Å². The van der Waals surface area contributed by atoms with Crippen molar-refractivity contribution in [3.63, 3.8) is 0 Å². The van der Waals surface area contributed by atoms with E-state index < -0.39 is 42.7 Å². The molecular weight excluding hydrogens is 531 g/mol. The number of hydrogen-bond donors (Lipinski definition) is 1. The lowest BCUT2D eigenvalue weighted by Crippen LogP contribution is -2.57. The van der Waals surface area contributed by atoms with Gasteiger partial charge in [0.2, 0.25) is 0 Å². The van der Waals surface area contributed by atoms with Crippen LogP contribution in [0.5, 0.6) is 0 Å². The largest absolute Gasteiger partial charge is 0.416 e. The number of fused-ring (bicyclic) bond motifs is 1. The Hall–Kier alpha value is -3.38. The summed E-state index contributed by atoms with van der Waals surface area (Å²) in [7, 11) is 1.71. The third kappa shape index (κ3) is 4.77. The number of alkyl halides is 5. The molecule has 40 heavy (non-hydrogen) atoms. The standard InChI is InChI=1S/C28H29F5N6O/c1-26(7-4-8-26)34-12-17-9-20-21(22(10-17)28(31,32)33)13-39(25(20)40)19-6-3-5-18(11-19)23(24-36-35-16-37(24)2)38-14-27(29,30)15-38/h3,5-6,9-11,16,23,34H,4,7-8,12-15H2,1-2H3/t23-/m0/s1.